The van der Waals surface area contributed by atoms with E-state index in [2.05, 4.69) is 72.3 Å². The van der Waals surface area contributed by atoms with Crippen LogP contribution in [-0.4, -0.2) is 64.8 Å². The van der Waals surface area contributed by atoms with Crippen molar-refractivity contribution in [2.75, 3.05) is 33.4 Å². The zero-order valence-electron chi connectivity index (χ0n) is 20.3. The van der Waals surface area contributed by atoms with Crippen molar-refractivity contribution < 1.29 is 4.74 Å². The van der Waals surface area contributed by atoms with Crippen LogP contribution < -0.4 is 5.32 Å². The van der Waals surface area contributed by atoms with Gasteiger partial charge in [-0.2, -0.15) is 0 Å². The molecule has 1 aromatic carbocycles. The van der Waals surface area contributed by atoms with E-state index in [4.69, 9.17) is 21.3 Å². The first-order chi connectivity index (χ1) is 16.3. The van der Waals surface area contributed by atoms with Crippen molar-refractivity contribution in [3.05, 3.63) is 57.8 Å². The number of aryl methyl sites for hydroxylation is 1. The Balaban J connectivity index is 1.50. The van der Waals surface area contributed by atoms with Gasteiger partial charge in [-0.05, 0) is 56.3 Å². The molecule has 0 amide bonds. The fourth-order valence-corrected chi connectivity index (χ4v) is 6.40. The summed E-state index contributed by atoms with van der Waals surface area (Å²) in [6.45, 7) is 10.9. The summed E-state index contributed by atoms with van der Waals surface area (Å²) in [4.78, 5) is 15.3. The number of morpholine rings is 1. The molecule has 5 rings (SSSR count). The maximum atomic E-state index is 6.56. The summed E-state index contributed by atoms with van der Waals surface area (Å²) in [5.74, 6) is 0. The molecule has 1 N–H and O–H groups in total. The molecule has 0 spiro atoms. The Morgan fingerprint density at radius 3 is 2.91 bits per heavy atom. The molecule has 2 aromatic heterocycles. The van der Waals surface area contributed by atoms with Crippen molar-refractivity contribution in [3.8, 4) is 11.3 Å². The molecule has 180 valence electrons. The normalized spacial score (nSPS) is 20.9. The number of nitrogens with one attached hydrogen (secondary N) is 1. The van der Waals surface area contributed by atoms with Crippen molar-refractivity contribution in [1.29, 1.82) is 0 Å². The molecule has 8 heteroatoms. The Hall–Kier alpha value is -2.03. The van der Waals surface area contributed by atoms with Gasteiger partial charge >= 0.3 is 0 Å². The summed E-state index contributed by atoms with van der Waals surface area (Å²) in [6.07, 6.45) is 6.92. The molecular formula is C26H32ClN5OS. The van der Waals surface area contributed by atoms with Crippen LogP contribution in [0.1, 0.15) is 29.9 Å². The molecular weight excluding hydrogens is 466 g/mol. The number of nitrogens with zero attached hydrogens (tertiary/aromatic N) is 4. The molecule has 1 fully saturated rings. The van der Waals surface area contributed by atoms with Gasteiger partial charge in [0.1, 0.15) is 6.33 Å². The van der Waals surface area contributed by atoms with Crippen LogP contribution in [0.2, 0.25) is 5.02 Å². The van der Waals surface area contributed by atoms with E-state index < -0.39 is 0 Å². The number of hydrogen-bond donors (Lipinski definition) is 1. The SMILES string of the molecule is Cc1cc(Cl)cc(-c2ncnc3cc(CN4CC=CN(C)C4)sc23)c1CC1CNCC(C)(C)O1. The van der Waals surface area contributed by atoms with E-state index in [0.29, 0.717) is 0 Å². The van der Waals surface area contributed by atoms with Crippen molar-refractivity contribution in [1.82, 2.24) is 25.1 Å². The highest BCUT2D eigenvalue weighted by Crippen LogP contribution is 2.37. The van der Waals surface area contributed by atoms with Crippen LogP contribution in [0.15, 0.2) is 36.8 Å². The van der Waals surface area contributed by atoms with Gasteiger partial charge < -0.3 is 15.0 Å². The van der Waals surface area contributed by atoms with Gasteiger partial charge in [0.2, 0.25) is 0 Å². The number of hydrogen-bond acceptors (Lipinski definition) is 7. The monoisotopic (exact) mass is 497 g/mol. The van der Waals surface area contributed by atoms with Crippen molar-refractivity contribution in [2.45, 2.75) is 45.4 Å². The van der Waals surface area contributed by atoms with Gasteiger partial charge in [-0.3, -0.25) is 4.90 Å². The quantitative estimate of drug-likeness (QED) is 0.544. The van der Waals surface area contributed by atoms with Crippen LogP contribution in [0.25, 0.3) is 21.5 Å². The highest BCUT2D eigenvalue weighted by atomic mass is 35.5. The summed E-state index contributed by atoms with van der Waals surface area (Å²) in [5.41, 5.74) is 5.27. The van der Waals surface area contributed by atoms with Crippen molar-refractivity contribution in [3.63, 3.8) is 0 Å². The first-order valence-corrected chi connectivity index (χ1v) is 13.0. The average molecular weight is 498 g/mol. The standard InChI is InChI=1S/C26H32ClN5OS/c1-17-8-18(27)9-22(21(17)10-19-12-28-14-26(2,3)33-19)24-25-23(29-15-30-24)11-20(34-25)13-32-7-5-6-31(4)16-32/h5-6,8-9,11,15,19,28H,7,10,12-14,16H2,1-4H3. The molecule has 0 saturated carbocycles. The van der Waals surface area contributed by atoms with E-state index in [1.165, 1.54) is 16.0 Å². The Morgan fingerprint density at radius 2 is 2.12 bits per heavy atom. The summed E-state index contributed by atoms with van der Waals surface area (Å²) < 4.78 is 7.51. The Bertz CT molecular complexity index is 1220. The fraction of sp³-hybridized carbons (Fsp3) is 0.462. The molecule has 3 aromatic rings. The lowest BCUT2D eigenvalue weighted by Crippen LogP contribution is -2.51. The number of ether oxygens (including phenoxy) is 1. The second-order valence-electron chi connectivity index (χ2n) is 10.0. The third-order valence-corrected chi connectivity index (χ3v) is 7.76. The number of thiophene rings is 1. The second-order valence-corrected chi connectivity index (χ2v) is 11.6. The molecule has 6 nitrogen and oxygen atoms in total. The Labute approximate surface area is 210 Å². The van der Waals surface area contributed by atoms with E-state index in [1.807, 2.05) is 6.07 Å². The van der Waals surface area contributed by atoms with Crippen LogP contribution in [0, 0.1) is 6.92 Å². The second kappa shape index (κ2) is 9.55. The largest absolute Gasteiger partial charge is 0.369 e. The minimum atomic E-state index is -0.175. The summed E-state index contributed by atoms with van der Waals surface area (Å²) >= 11 is 8.34. The number of aromatic nitrogens is 2. The van der Waals surface area contributed by atoms with Crippen molar-refractivity contribution in [2.24, 2.45) is 0 Å². The van der Waals surface area contributed by atoms with Crippen LogP contribution in [0.4, 0.5) is 0 Å². The number of fused-ring (bicyclic) bond motifs is 1. The lowest BCUT2D eigenvalue weighted by atomic mass is 9.93. The van der Waals surface area contributed by atoms with E-state index in [1.54, 1.807) is 17.7 Å². The van der Waals surface area contributed by atoms with E-state index >= 15 is 0 Å². The van der Waals surface area contributed by atoms with E-state index in [-0.39, 0.29) is 11.7 Å². The summed E-state index contributed by atoms with van der Waals surface area (Å²) in [5, 5.41) is 4.25. The molecule has 4 heterocycles. The van der Waals surface area contributed by atoms with Crippen LogP contribution in [0.5, 0.6) is 0 Å². The molecule has 1 atom stereocenters. The first kappa shape index (κ1) is 23.7. The van der Waals surface area contributed by atoms with Gasteiger partial charge in [0.05, 0.1) is 34.3 Å². The highest BCUT2D eigenvalue weighted by molar-refractivity contribution is 7.19. The van der Waals surface area contributed by atoms with Gasteiger partial charge in [0, 0.05) is 55.1 Å². The van der Waals surface area contributed by atoms with Crippen LogP contribution in [-0.2, 0) is 17.7 Å². The Morgan fingerprint density at radius 1 is 1.26 bits per heavy atom. The van der Waals surface area contributed by atoms with Crippen LogP contribution >= 0.6 is 22.9 Å². The highest BCUT2D eigenvalue weighted by Gasteiger charge is 2.29. The predicted molar refractivity (Wildman–Crippen MR) is 140 cm³/mol. The summed E-state index contributed by atoms with van der Waals surface area (Å²) in [6, 6.07) is 6.30. The van der Waals surface area contributed by atoms with E-state index in [9.17, 15) is 0 Å². The maximum Gasteiger partial charge on any atom is 0.116 e. The molecule has 1 saturated heterocycles. The maximum absolute atomic E-state index is 6.56. The fourth-order valence-electron chi connectivity index (χ4n) is 4.97. The lowest BCUT2D eigenvalue weighted by molar-refractivity contribution is -0.0928. The average Bonchev–Trinajstić information content (AvgIpc) is 3.17. The first-order valence-electron chi connectivity index (χ1n) is 11.8. The summed E-state index contributed by atoms with van der Waals surface area (Å²) in [7, 11) is 2.10. The minimum Gasteiger partial charge on any atom is -0.369 e. The molecule has 1 unspecified atom stereocenters. The molecule has 0 bridgehead atoms. The molecule has 0 radical (unpaired) electrons. The predicted octanol–water partition coefficient (Wildman–Crippen LogP) is 4.85. The third-order valence-electron chi connectivity index (χ3n) is 6.42. The zero-order valence-corrected chi connectivity index (χ0v) is 21.8. The molecule has 2 aliphatic rings. The minimum absolute atomic E-state index is 0.0998. The molecule has 0 aliphatic carbocycles. The van der Waals surface area contributed by atoms with Gasteiger partial charge in [0.25, 0.3) is 0 Å². The lowest BCUT2D eigenvalue weighted by Gasteiger charge is -2.37. The van der Waals surface area contributed by atoms with Gasteiger partial charge in [-0.15, -0.1) is 11.3 Å². The number of benzene rings is 1. The third kappa shape index (κ3) is 5.14. The van der Waals surface area contributed by atoms with Crippen molar-refractivity contribution >= 4 is 33.2 Å². The van der Waals surface area contributed by atoms with Crippen LogP contribution in [0.3, 0.4) is 0 Å². The topological polar surface area (TPSA) is 53.5 Å². The van der Waals surface area contributed by atoms with E-state index in [0.717, 1.165) is 65.8 Å². The van der Waals surface area contributed by atoms with Gasteiger partial charge in [-0.1, -0.05) is 17.7 Å². The number of rotatable bonds is 5. The molecule has 34 heavy (non-hydrogen) atoms. The smallest absolute Gasteiger partial charge is 0.116 e. The Kier molecular flexibility index (Phi) is 6.66. The van der Waals surface area contributed by atoms with Gasteiger partial charge in [-0.25, -0.2) is 9.97 Å². The molecule has 2 aliphatic heterocycles. The zero-order chi connectivity index (χ0) is 23.9. The van der Waals surface area contributed by atoms with Gasteiger partial charge in [0.15, 0.2) is 0 Å². The number of halogens is 1.